The Morgan fingerprint density at radius 1 is 1.08 bits per heavy atom. The van der Waals surface area contributed by atoms with Crippen LogP contribution in [0, 0.1) is 24.7 Å². The maximum absolute atomic E-state index is 13.7. The lowest BCUT2D eigenvalue weighted by atomic mass is 9.93. The van der Waals surface area contributed by atoms with E-state index in [0.717, 1.165) is 43.7 Å². The molecule has 1 heterocycles. The highest BCUT2D eigenvalue weighted by Gasteiger charge is 2.40. The number of aliphatic hydroxyl groups is 1. The molecule has 38 heavy (non-hydrogen) atoms. The lowest BCUT2D eigenvalue weighted by Crippen LogP contribution is -2.47. The van der Waals surface area contributed by atoms with Crippen LogP contribution >= 0.6 is 0 Å². The zero-order chi connectivity index (χ0) is 27.8. The molecular weight excluding hydrogens is 482 g/mol. The Kier molecular flexibility index (Phi) is 11.4. The molecule has 0 radical (unpaired) electrons. The molecular formula is C30H49N3O5. The third kappa shape index (κ3) is 8.42. The first-order valence-electron chi connectivity index (χ1n) is 14.3. The smallest absolute Gasteiger partial charge is 0.254 e. The number of aliphatic hydroxyl groups excluding tert-OH is 1. The molecule has 3 rings (SSSR count). The molecule has 1 aromatic carbocycles. The molecule has 1 aliphatic carbocycles. The number of carbonyl (C=O) groups excluding carboxylic acids is 2. The van der Waals surface area contributed by atoms with Crippen LogP contribution in [0.25, 0.3) is 0 Å². The van der Waals surface area contributed by atoms with Gasteiger partial charge in [-0.05, 0) is 75.5 Å². The number of nitrogens with one attached hydrogen (secondary N) is 1. The molecule has 1 aliphatic heterocycles. The van der Waals surface area contributed by atoms with Gasteiger partial charge in [0.2, 0.25) is 0 Å². The van der Waals surface area contributed by atoms with E-state index in [1.165, 1.54) is 0 Å². The molecule has 2 aliphatic rings. The Morgan fingerprint density at radius 2 is 1.76 bits per heavy atom. The minimum atomic E-state index is -0.940. The monoisotopic (exact) mass is 531 g/mol. The van der Waals surface area contributed by atoms with Crippen LogP contribution in [0.3, 0.4) is 0 Å². The molecule has 0 aromatic heterocycles. The van der Waals surface area contributed by atoms with E-state index < -0.39 is 6.10 Å². The Morgan fingerprint density at radius 3 is 2.37 bits per heavy atom. The van der Waals surface area contributed by atoms with Gasteiger partial charge in [-0.2, -0.15) is 0 Å². The van der Waals surface area contributed by atoms with Crippen LogP contribution in [0.4, 0.5) is 0 Å². The van der Waals surface area contributed by atoms with E-state index in [0.29, 0.717) is 38.3 Å². The number of benzene rings is 1. The van der Waals surface area contributed by atoms with Gasteiger partial charge in [-0.25, -0.2) is 0 Å². The van der Waals surface area contributed by atoms with Crippen molar-refractivity contribution in [3.63, 3.8) is 0 Å². The number of hydrogen-bond donors (Lipinski definition) is 2. The Balaban J connectivity index is 1.68. The van der Waals surface area contributed by atoms with E-state index in [1.807, 2.05) is 62.6 Å². The topological polar surface area (TPSA) is 91.3 Å². The van der Waals surface area contributed by atoms with Crippen LogP contribution in [0.15, 0.2) is 18.2 Å². The van der Waals surface area contributed by atoms with Gasteiger partial charge in [0.1, 0.15) is 11.9 Å². The van der Waals surface area contributed by atoms with Crippen LogP contribution in [0.2, 0.25) is 0 Å². The molecule has 2 fully saturated rings. The van der Waals surface area contributed by atoms with Gasteiger partial charge in [0.25, 0.3) is 11.8 Å². The van der Waals surface area contributed by atoms with Gasteiger partial charge in [-0.15, -0.1) is 0 Å². The zero-order valence-electron chi connectivity index (χ0n) is 24.2. The summed E-state index contributed by atoms with van der Waals surface area (Å²) >= 11 is 0. The molecule has 8 nitrogen and oxygen atoms in total. The molecule has 1 saturated carbocycles. The van der Waals surface area contributed by atoms with Crippen molar-refractivity contribution >= 4 is 11.8 Å². The number of nitrogens with zero attached hydrogens (tertiary/aromatic N) is 2. The number of aryl methyl sites for hydroxylation is 1. The zero-order valence-corrected chi connectivity index (χ0v) is 24.2. The van der Waals surface area contributed by atoms with Crippen molar-refractivity contribution in [2.75, 3.05) is 46.5 Å². The highest BCUT2D eigenvalue weighted by Crippen LogP contribution is 2.31. The van der Waals surface area contributed by atoms with E-state index in [2.05, 4.69) is 5.32 Å². The second-order valence-corrected chi connectivity index (χ2v) is 11.8. The van der Waals surface area contributed by atoms with E-state index in [9.17, 15) is 14.7 Å². The summed E-state index contributed by atoms with van der Waals surface area (Å²) < 4.78 is 11.0. The number of amides is 2. The molecule has 1 unspecified atom stereocenters. The largest absolute Gasteiger partial charge is 0.493 e. The number of rotatable bonds is 15. The fourth-order valence-electron chi connectivity index (χ4n) is 5.23. The number of hydrogen-bond acceptors (Lipinski definition) is 6. The van der Waals surface area contributed by atoms with Gasteiger partial charge in [-0.1, -0.05) is 19.9 Å². The number of methoxy groups -OCH3 is 1. The third-order valence-electron chi connectivity index (χ3n) is 7.66. The molecule has 214 valence electrons. The van der Waals surface area contributed by atoms with Crippen LogP contribution in [0.1, 0.15) is 69.3 Å². The Labute approximate surface area is 229 Å². The first-order valence-corrected chi connectivity index (χ1v) is 14.3. The molecule has 1 saturated heterocycles. The first-order chi connectivity index (χ1) is 18.1. The van der Waals surface area contributed by atoms with E-state index in [1.54, 1.807) is 7.11 Å². The average Bonchev–Trinajstić information content (AvgIpc) is 3.62. The Hall–Kier alpha value is -2.16. The SMILES string of the molecule is COCCCOc1cc(C(=O)N(C[C@@H]2CNC[C@H]2CN(C(=O)C(O)CC(C)C)C2CC2)C(C)C)ccc1C. The summed E-state index contributed by atoms with van der Waals surface area (Å²) in [6.45, 7) is 14.2. The summed E-state index contributed by atoms with van der Waals surface area (Å²) in [4.78, 5) is 30.7. The van der Waals surface area contributed by atoms with E-state index in [4.69, 9.17) is 9.47 Å². The van der Waals surface area contributed by atoms with Crippen molar-refractivity contribution in [1.82, 2.24) is 15.1 Å². The second-order valence-electron chi connectivity index (χ2n) is 11.8. The molecule has 2 N–H and O–H groups in total. The predicted octanol–water partition coefficient (Wildman–Crippen LogP) is 3.49. The highest BCUT2D eigenvalue weighted by atomic mass is 16.5. The van der Waals surface area contributed by atoms with Crippen molar-refractivity contribution in [3.8, 4) is 5.75 Å². The van der Waals surface area contributed by atoms with E-state index in [-0.39, 0.29) is 41.7 Å². The summed E-state index contributed by atoms with van der Waals surface area (Å²) in [6, 6.07) is 5.95. The maximum Gasteiger partial charge on any atom is 0.254 e. The maximum atomic E-state index is 13.7. The molecule has 0 bridgehead atoms. The summed E-state index contributed by atoms with van der Waals surface area (Å²) in [5.74, 6) is 1.32. The number of ether oxygens (including phenoxy) is 2. The van der Waals surface area contributed by atoms with Gasteiger partial charge in [0.05, 0.1) is 6.61 Å². The molecule has 1 aromatic rings. The molecule has 0 spiro atoms. The highest BCUT2D eigenvalue weighted by molar-refractivity contribution is 5.95. The fraction of sp³-hybridized carbons (Fsp3) is 0.733. The summed E-state index contributed by atoms with van der Waals surface area (Å²) in [5, 5.41) is 14.0. The van der Waals surface area contributed by atoms with Crippen molar-refractivity contribution in [1.29, 1.82) is 0 Å². The van der Waals surface area contributed by atoms with Gasteiger partial charge in [-0.3, -0.25) is 9.59 Å². The third-order valence-corrected chi connectivity index (χ3v) is 7.66. The average molecular weight is 532 g/mol. The molecule has 3 atom stereocenters. The minimum absolute atomic E-state index is 0.00475. The van der Waals surface area contributed by atoms with Gasteiger partial charge in [0, 0.05) is 64.0 Å². The summed E-state index contributed by atoms with van der Waals surface area (Å²) in [6.07, 6.45) is 2.34. The fourth-order valence-corrected chi connectivity index (χ4v) is 5.23. The van der Waals surface area contributed by atoms with Gasteiger partial charge < -0.3 is 29.7 Å². The predicted molar refractivity (Wildman–Crippen MR) is 149 cm³/mol. The first kappa shape index (κ1) is 30.4. The normalized spacial score (nSPS) is 20.1. The van der Waals surface area contributed by atoms with Crippen molar-refractivity contribution in [2.24, 2.45) is 17.8 Å². The van der Waals surface area contributed by atoms with Crippen LogP contribution < -0.4 is 10.1 Å². The van der Waals surface area contributed by atoms with Crippen LogP contribution in [-0.4, -0.2) is 91.4 Å². The molecule has 2 amide bonds. The van der Waals surface area contributed by atoms with Crippen molar-refractivity contribution < 1.29 is 24.2 Å². The summed E-state index contributed by atoms with van der Waals surface area (Å²) in [5.41, 5.74) is 1.62. The standard InChI is InChI=1S/C30H49N3O5/c1-20(2)14-27(34)30(36)33(26-10-11-26)19-25-17-31-16-24(25)18-32(21(3)4)29(35)23-9-8-22(5)28(15-23)38-13-7-12-37-6/h8-9,15,20-21,24-27,31,34H,7,10-14,16-19H2,1-6H3/t24-,25-,27?/m0/s1. The lowest BCUT2D eigenvalue weighted by molar-refractivity contribution is -0.142. The lowest BCUT2D eigenvalue weighted by Gasteiger charge is -2.34. The van der Waals surface area contributed by atoms with E-state index >= 15 is 0 Å². The van der Waals surface area contributed by atoms with Crippen LogP contribution in [-0.2, 0) is 9.53 Å². The second kappa shape index (κ2) is 14.3. The van der Waals surface area contributed by atoms with Gasteiger partial charge in [0.15, 0.2) is 0 Å². The number of carbonyl (C=O) groups is 2. The van der Waals surface area contributed by atoms with Crippen LogP contribution in [0.5, 0.6) is 5.75 Å². The summed E-state index contributed by atoms with van der Waals surface area (Å²) in [7, 11) is 1.67. The van der Waals surface area contributed by atoms with Gasteiger partial charge >= 0.3 is 0 Å². The quantitative estimate of drug-likeness (QED) is 0.337. The minimum Gasteiger partial charge on any atom is -0.493 e. The Bertz CT molecular complexity index is 917. The van der Waals surface area contributed by atoms with Crippen molar-refractivity contribution in [3.05, 3.63) is 29.3 Å². The molecule has 8 heteroatoms. The van der Waals surface area contributed by atoms with Crippen molar-refractivity contribution in [2.45, 2.75) is 78.5 Å².